The molecule has 1 aromatic carbocycles. The molecule has 1 aliphatic rings. The van der Waals surface area contributed by atoms with Crippen molar-refractivity contribution in [2.75, 3.05) is 18.5 Å². The van der Waals surface area contributed by atoms with E-state index >= 15 is 0 Å². The molecule has 2 aromatic heterocycles. The van der Waals surface area contributed by atoms with Crippen LogP contribution in [-0.4, -0.2) is 56.2 Å². The minimum absolute atomic E-state index is 0.0902. The van der Waals surface area contributed by atoms with Gasteiger partial charge in [0.25, 0.3) is 0 Å². The maximum Gasteiger partial charge on any atom is 0.490 e. The van der Waals surface area contributed by atoms with Gasteiger partial charge in [0, 0.05) is 37.7 Å². The number of hydrogen-bond donors (Lipinski definition) is 3. The van der Waals surface area contributed by atoms with E-state index in [4.69, 9.17) is 19.6 Å². The number of pyridine rings is 1. The molecule has 0 radical (unpaired) electrons. The van der Waals surface area contributed by atoms with Crippen molar-refractivity contribution in [2.45, 2.75) is 70.4 Å². The van der Waals surface area contributed by atoms with Crippen LogP contribution in [0.25, 0.3) is 0 Å². The Labute approximate surface area is 253 Å². The Morgan fingerprint density at radius 1 is 1.14 bits per heavy atom. The number of nitrogens with zero attached hydrogens (tertiary/aromatic N) is 4. The number of halogens is 3. The van der Waals surface area contributed by atoms with Crippen molar-refractivity contribution in [3.05, 3.63) is 70.0 Å². The minimum atomic E-state index is -5.08. The van der Waals surface area contributed by atoms with Crippen molar-refractivity contribution in [3.63, 3.8) is 0 Å². The molecule has 13 heteroatoms. The topological polar surface area (TPSA) is 150 Å². The highest BCUT2D eigenvalue weighted by Gasteiger charge is 2.38. The van der Waals surface area contributed by atoms with Crippen molar-refractivity contribution in [3.8, 4) is 11.9 Å². The molecule has 0 amide bonds. The molecular weight excluding hydrogens is 579 g/mol. The SMILES string of the molecule is Cn1nc(CC(CC(=O)O)c2cc(C(C)(C)C)ccc2C#N)cc1OCCc1ccc2c(n1)NCCC2.O=C(O)C(F)(F)F. The first kappa shape index (κ1) is 33.9. The molecule has 3 aromatic rings. The third-order valence-electron chi connectivity index (χ3n) is 7.04. The van der Waals surface area contributed by atoms with Crippen molar-refractivity contribution >= 4 is 17.8 Å². The lowest BCUT2D eigenvalue weighted by molar-refractivity contribution is -0.192. The highest BCUT2D eigenvalue weighted by molar-refractivity contribution is 5.73. The molecule has 0 spiro atoms. The largest absolute Gasteiger partial charge is 0.490 e. The number of rotatable bonds is 9. The molecule has 0 saturated heterocycles. The van der Waals surface area contributed by atoms with E-state index in [1.807, 2.05) is 25.2 Å². The molecule has 4 rings (SSSR count). The third-order valence-corrected chi connectivity index (χ3v) is 7.04. The summed E-state index contributed by atoms with van der Waals surface area (Å²) in [6.45, 7) is 7.71. The van der Waals surface area contributed by atoms with Crippen molar-refractivity contribution in [1.82, 2.24) is 14.8 Å². The van der Waals surface area contributed by atoms with Crippen LogP contribution < -0.4 is 10.1 Å². The Kier molecular flexibility index (Phi) is 11.0. The second-order valence-corrected chi connectivity index (χ2v) is 11.5. The number of carbonyl (C=O) groups is 2. The standard InChI is InChI=1S/C29H35N5O3.C2HF3O2/c1-29(2,3)22-9-7-20(18-30)25(16-22)21(15-27(35)36)14-24-17-26(34(4)33-24)37-13-11-23-10-8-19-6-5-12-31-28(19)32-23;3-2(4,5)1(6)7/h7-10,16-17,21H,5-6,11-15H2,1-4H3,(H,31,32)(H,35,36);(H,6,7). The predicted molar refractivity (Wildman–Crippen MR) is 156 cm³/mol. The van der Waals surface area contributed by atoms with Crippen molar-refractivity contribution in [2.24, 2.45) is 7.05 Å². The molecule has 0 fully saturated rings. The van der Waals surface area contributed by atoms with Crippen molar-refractivity contribution in [1.29, 1.82) is 5.26 Å². The third kappa shape index (κ3) is 9.45. The monoisotopic (exact) mass is 615 g/mol. The fourth-order valence-corrected chi connectivity index (χ4v) is 4.73. The van der Waals surface area contributed by atoms with E-state index in [0.717, 1.165) is 47.7 Å². The van der Waals surface area contributed by atoms with Gasteiger partial charge in [-0.1, -0.05) is 39.0 Å². The van der Waals surface area contributed by atoms with Gasteiger partial charge in [-0.2, -0.15) is 23.5 Å². The number of aliphatic carboxylic acids is 2. The normalized spacial score (nSPS) is 13.4. The molecule has 0 bridgehead atoms. The van der Waals surface area contributed by atoms with Crippen LogP contribution in [0, 0.1) is 11.3 Å². The summed E-state index contributed by atoms with van der Waals surface area (Å²) in [6, 6.07) is 14.0. The number of carboxylic acids is 2. The summed E-state index contributed by atoms with van der Waals surface area (Å²) in [5.74, 6) is -2.46. The number of fused-ring (bicyclic) bond motifs is 1. The smallest absolute Gasteiger partial charge is 0.481 e. The zero-order valence-electron chi connectivity index (χ0n) is 25.0. The summed E-state index contributed by atoms with van der Waals surface area (Å²) < 4.78 is 39.4. The molecule has 1 atom stereocenters. The van der Waals surface area contributed by atoms with E-state index < -0.39 is 18.1 Å². The first-order chi connectivity index (χ1) is 20.6. The van der Waals surface area contributed by atoms with Gasteiger partial charge in [0.2, 0.25) is 5.88 Å². The van der Waals surface area contributed by atoms with Gasteiger partial charge in [0.15, 0.2) is 0 Å². The van der Waals surface area contributed by atoms with Gasteiger partial charge in [-0.25, -0.2) is 14.5 Å². The number of anilines is 1. The second kappa shape index (κ2) is 14.2. The molecule has 3 N–H and O–H groups in total. The van der Waals surface area contributed by atoms with Gasteiger partial charge in [-0.05, 0) is 53.5 Å². The molecule has 10 nitrogen and oxygen atoms in total. The van der Waals surface area contributed by atoms with E-state index in [1.54, 1.807) is 10.7 Å². The Hall–Kier alpha value is -4.60. The van der Waals surface area contributed by atoms with Crippen LogP contribution in [0.1, 0.15) is 73.2 Å². The van der Waals surface area contributed by atoms with E-state index in [1.165, 1.54) is 5.56 Å². The average Bonchev–Trinajstić information content (AvgIpc) is 3.29. The van der Waals surface area contributed by atoms with Crippen LogP contribution in [0.15, 0.2) is 36.4 Å². The highest BCUT2D eigenvalue weighted by Crippen LogP contribution is 2.32. The maximum atomic E-state index is 11.7. The molecule has 236 valence electrons. The van der Waals surface area contributed by atoms with E-state index in [2.05, 4.69) is 49.4 Å². The maximum absolute atomic E-state index is 11.7. The summed E-state index contributed by atoms with van der Waals surface area (Å²) in [5, 5.41) is 34.4. The summed E-state index contributed by atoms with van der Waals surface area (Å²) in [4.78, 5) is 25.4. The number of nitriles is 1. The lowest BCUT2D eigenvalue weighted by Gasteiger charge is -2.23. The zero-order valence-corrected chi connectivity index (χ0v) is 25.0. The number of carboxylic acid groups (broad SMARTS) is 2. The van der Waals surface area contributed by atoms with Crippen LogP contribution in [-0.2, 0) is 41.3 Å². The molecule has 1 unspecified atom stereocenters. The van der Waals surface area contributed by atoms with E-state index in [0.29, 0.717) is 30.9 Å². The van der Waals surface area contributed by atoms with Gasteiger partial charge in [-0.3, -0.25) is 4.79 Å². The molecule has 1 aliphatic heterocycles. The Morgan fingerprint density at radius 2 is 1.84 bits per heavy atom. The number of alkyl halides is 3. The number of benzene rings is 1. The summed E-state index contributed by atoms with van der Waals surface area (Å²) in [7, 11) is 1.81. The summed E-state index contributed by atoms with van der Waals surface area (Å²) >= 11 is 0. The van der Waals surface area contributed by atoms with Gasteiger partial charge in [-0.15, -0.1) is 0 Å². The van der Waals surface area contributed by atoms with Crippen LogP contribution in [0.4, 0.5) is 19.0 Å². The van der Waals surface area contributed by atoms with Crippen LogP contribution in [0.5, 0.6) is 5.88 Å². The number of ether oxygens (including phenoxy) is 1. The van der Waals surface area contributed by atoms with Gasteiger partial charge < -0.3 is 20.3 Å². The minimum Gasteiger partial charge on any atom is -0.481 e. The Bertz CT molecular complexity index is 1520. The summed E-state index contributed by atoms with van der Waals surface area (Å²) in [6.07, 6.45) is -1.92. The van der Waals surface area contributed by atoms with Gasteiger partial charge in [0.1, 0.15) is 5.82 Å². The molecular formula is C31H36F3N5O5. The molecule has 3 heterocycles. The second-order valence-electron chi connectivity index (χ2n) is 11.5. The molecule has 44 heavy (non-hydrogen) atoms. The fourth-order valence-electron chi connectivity index (χ4n) is 4.73. The van der Waals surface area contributed by atoms with E-state index in [9.17, 15) is 28.3 Å². The summed E-state index contributed by atoms with van der Waals surface area (Å²) in [5.41, 5.74) is 5.15. The Balaban J connectivity index is 0.000000676. The van der Waals surface area contributed by atoms with E-state index in [-0.39, 0.29) is 17.8 Å². The number of aromatic nitrogens is 3. The number of hydrogen-bond acceptors (Lipinski definition) is 7. The molecule has 0 saturated carbocycles. The average molecular weight is 616 g/mol. The van der Waals surface area contributed by atoms with Crippen molar-refractivity contribution < 1.29 is 37.7 Å². The lowest BCUT2D eigenvalue weighted by atomic mass is 9.81. The van der Waals surface area contributed by atoms with Crippen LogP contribution in [0.3, 0.4) is 0 Å². The lowest BCUT2D eigenvalue weighted by Crippen LogP contribution is -2.21. The van der Waals surface area contributed by atoms with Gasteiger partial charge in [0.05, 0.1) is 30.4 Å². The first-order valence-corrected chi connectivity index (χ1v) is 14.0. The predicted octanol–water partition coefficient (Wildman–Crippen LogP) is 5.40. The number of aryl methyl sites for hydroxylation is 2. The fraction of sp³-hybridized carbons (Fsp3) is 0.452. The first-order valence-electron chi connectivity index (χ1n) is 14.0. The zero-order chi connectivity index (χ0) is 32.7. The number of nitrogens with one attached hydrogen (secondary N) is 1. The quantitative estimate of drug-likeness (QED) is 0.288. The highest BCUT2D eigenvalue weighted by atomic mass is 19.4. The molecule has 0 aliphatic carbocycles. The van der Waals surface area contributed by atoms with Crippen LogP contribution >= 0.6 is 0 Å². The Morgan fingerprint density at radius 3 is 2.45 bits per heavy atom. The van der Waals surface area contributed by atoms with Gasteiger partial charge >= 0.3 is 18.1 Å². The van der Waals surface area contributed by atoms with Crippen LogP contribution in [0.2, 0.25) is 0 Å².